The number of hydrogen-bond acceptors (Lipinski definition) is 5. The Hall–Kier alpha value is -3.15. The monoisotopic (exact) mass is 377 g/mol. The van der Waals surface area contributed by atoms with Crippen molar-refractivity contribution < 1.29 is 14.1 Å². The molecule has 0 aliphatic carbocycles. The first kappa shape index (κ1) is 18.2. The molecule has 2 heterocycles. The lowest BCUT2D eigenvalue weighted by molar-refractivity contribution is -0.118. The lowest BCUT2D eigenvalue weighted by Crippen LogP contribution is -2.35. The van der Waals surface area contributed by atoms with Crippen LogP contribution in [-0.2, 0) is 17.6 Å². The van der Waals surface area contributed by atoms with Crippen molar-refractivity contribution in [3.8, 4) is 17.1 Å². The molecule has 0 radical (unpaired) electrons. The van der Waals surface area contributed by atoms with Gasteiger partial charge in [-0.15, -0.1) is 0 Å². The van der Waals surface area contributed by atoms with E-state index in [4.69, 9.17) is 9.26 Å². The minimum absolute atomic E-state index is 0.155. The molecular weight excluding hydrogens is 354 g/mol. The molecule has 28 heavy (non-hydrogen) atoms. The van der Waals surface area contributed by atoms with Crippen LogP contribution in [-0.4, -0.2) is 29.7 Å². The van der Waals surface area contributed by atoms with Gasteiger partial charge in [-0.3, -0.25) is 4.79 Å². The van der Waals surface area contributed by atoms with Gasteiger partial charge in [0.2, 0.25) is 17.6 Å². The van der Waals surface area contributed by atoms with Gasteiger partial charge in [0.25, 0.3) is 0 Å². The first-order valence-corrected chi connectivity index (χ1v) is 9.60. The maximum atomic E-state index is 12.7. The molecule has 0 unspecified atom stereocenters. The Balaban J connectivity index is 1.33. The minimum Gasteiger partial charge on any atom is -0.497 e. The molecule has 0 spiro atoms. The molecule has 1 amide bonds. The van der Waals surface area contributed by atoms with Gasteiger partial charge in [-0.2, -0.15) is 4.98 Å². The zero-order chi connectivity index (χ0) is 19.3. The fourth-order valence-electron chi connectivity index (χ4n) is 3.53. The summed E-state index contributed by atoms with van der Waals surface area (Å²) < 4.78 is 10.5. The highest BCUT2D eigenvalue weighted by molar-refractivity contribution is 5.94. The van der Waals surface area contributed by atoms with Gasteiger partial charge in [0.05, 0.1) is 7.11 Å². The summed E-state index contributed by atoms with van der Waals surface area (Å²) >= 11 is 0. The van der Waals surface area contributed by atoms with Gasteiger partial charge in [-0.25, -0.2) is 0 Å². The third-order valence-corrected chi connectivity index (χ3v) is 5.01. The fraction of sp³-hybridized carbons (Fsp3) is 0.318. The van der Waals surface area contributed by atoms with Crippen LogP contribution in [0.25, 0.3) is 11.4 Å². The van der Waals surface area contributed by atoms with Crippen molar-refractivity contribution in [1.29, 1.82) is 0 Å². The summed E-state index contributed by atoms with van der Waals surface area (Å²) in [7, 11) is 1.63. The van der Waals surface area contributed by atoms with Crippen LogP contribution in [0, 0.1) is 0 Å². The Morgan fingerprint density at radius 3 is 2.82 bits per heavy atom. The molecule has 144 valence electrons. The van der Waals surface area contributed by atoms with E-state index >= 15 is 0 Å². The number of carbonyl (C=O) groups excluding carboxylic acids is 1. The van der Waals surface area contributed by atoms with Crippen LogP contribution in [0.2, 0.25) is 0 Å². The van der Waals surface area contributed by atoms with E-state index in [-0.39, 0.29) is 5.91 Å². The standard InChI is InChI=1S/C22H23N3O3/c1-27-18-13-11-17(12-14-18)22-23-20(28-24-22)9-4-10-21(26)25-15-5-7-16-6-2-3-8-19(16)25/h2-3,6,8,11-14H,4-5,7,9-10,15H2,1H3. The van der Waals surface area contributed by atoms with Crippen molar-refractivity contribution in [2.45, 2.75) is 32.1 Å². The first-order chi connectivity index (χ1) is 13.7. The summed E-state index contributed by atoms with van der Waals surface area (Å²) in [5, 5.41) is 4.04. The molecule has 0 N–H and O–H groups in total. The number of ether oxygens (including phenoxy) is 1. The van der Waals surface area contributed by atoms with Gasteiger partial charge >= 0.3 is 0 Å². The van der Waals surface area contributed by atoms with E-state index in [0.29, 0.717) is 31.0 Å². The number of amides is 1. The maximum absolute atomic E-state index is 12.7. The van der Waals surface area contributed by atoms with Gasteiger partial charge < -0.3 is 14.2 Å². The summed E-state index contributed by atoms with van der Waals surface area (Å²) in [6.07, 6.45) is 3.79. The number of benzene rings is 2. The maximum Gasteiger partial charge on any atom is 0.226 e. The molecule has 6 nitrogen and oxygen atoms in total. The number of aryl methyl sites for hydroxylation is 2. The van der Waals surface area contributed by atoms with Gasteiger partial charge in [0, 0.05) is 30.6 Å². The van der Waals surface area contributed by atoms with E-state index in [9.17, 15) is 4.79 Å². The lowest BCUT2D eigenvalue weighted by atomic mass is 10.0. The smallest absolute Gasteiger partial charge is 0.226 e. The van der Waals surface area contributed by atoms with Crippen molar-refractivity contribution in [3.05, 3.63) is 60.0 Å². The molecule has 0 saturated heterocycles. The molecule has 0 fully saturated rings. The average molecular weight is 377 g/mol. The zero-order valence-corrected chi connectivity index (χ0v) is 15.9. The number of nitrogens with zero attached hydrogens (tertiary/aromatic N) is 3. The second-order valence-electron chi connectivity index (χ2n) is 6.87. The number of carbonyl (C=O) groups is 1. The van der Waals surface area contributed by atoms with Gasteiger partial charge in [0.15, 0.2) is 0 Å². The molecule has 0 bridgehead atoms. The number of methoxy groups -OCH3 is 1. The Labute approximate surface area is 164 Å². The summed E-state index contributed by atoms with van der Waals surface area (Å²) in [6, 6.07) is 15.7. The SMILES string of the molecule is COc1ccc(-c2noc(CCCC(=O)N3CCCc4ccccc43)n2)cc1. The number of para-hydroxylation sites is 1. The van der Waals surface area contributed by atoms with Crippen molar-refractivity contribution in [3.63, 3.8) is 0 Å². The van der Waals surface area contributed by atoms with E-state index in [0.717, 1.165) is 36.4 Å². The summed E-state index contributed by atoms with van der Waals surface area (Å²) in [6.45, 7) is 0.790. The third kappa shape index (κ3) is 3.91. The second kappa shape index (κ2) is 8.25. The third-order valence-electron chi connectivity index (χ3n) is 5.01. The van der Waals surface area contributed by atoms with Gasteiger partial charge in [-0.1, -0.05) is 23.4 Å². The van der Waals surface area contributed by atoms with Crippen molar-refractivity contribution >= 4 is 11.6 Å². The Kier molecular flexibility index (Phi) is 5.37. The van der Waals surface area contributed by atoms with Crippen LogP contribution >= 0.6 is 0 Å². The van der Waals surface area contributed by atoms with Crippen molar-refractivity contribution in [2.75, 3.05) is 18.6 Å². The topological polar surface area (TPSA) is 68.5 Å². The minimum atomic E-state index is 0.155. The highest BCUT2D eigenvalue weighted by Crippen LogP contribution is 2.27. The molecule has 4 rings (SSSR count). The molecule has 1 aliphatic rings. The Morgan fingerprint density at radius 1 is 1.18 bits per heavy atom. The lowest BCUT2D eigenvalue weighted by Gasteiger charge is -2.29. The van der Waals surface area contributed by atoms with E-state index in [1.54, 1.807) is 7.11 Å². The number of anilines is 1. The number of fused-ring (bicyclic) bond motifs is 1. The van der Waals surface area contributed by atoms with E-state index in [2.05, 4.69) is 16.2 Å². The van der Waals surface area contributed by atoms with Crippen LogP contribution < -0.4 is 9.64 Å². The molecule has 0 saturated carbocycles. The summed E-state index contributed by atoms with van der Waals surface area (Å²) in [4.78, 5) is 19.0. The van der Waals surface area contributed by atoms with Crippen molar-refractivity contribution in [2.24, 2.45) is 0 Å². The predicted octanol–water partition coefficient (Wildman–Crippen LogP) is 4.05. The number of rotatable bonds is 6. The molecule has 0 atom stereocenters. The Morgan fingerprint density at radius 2 is 2.00 bits per heavy atom. The molecule has 3 aromatic rings. The van der Waals surface area contributed by atoms with E-state index in [1.165, 1.54) is 5.56 Å². The summed E-state index contributed by atoms with van der Waals surface area (Å²) in [5.41, 5.74) is 3.18. The van der Waals surface area contributed by atoms with Crippen LogP contribution in [0.15, 0.2) is 53.1 Å². The Bertz CT molecular complexity index is 950. The molecule has 2 aromatic carbocycles. The second-order valence-corrected chi connectivity index (χ2v) is 6.87. The van der Waals surface area contributed by atoms with E-state index in [1.807, 2.05) is 47.4 Å². The average Bonchev–Trinajstić information content (AvgIpc) is 3.22. The van der Waals surface area contributed by atoms with Crippen LogP contribution in [0.1, 0.15) is 30.7 Å². The molecule has 1 aliphatic heterocycles. The predicted molar refractivity (Wildman–Crippen MR) is 106 cm³/mol. The molecule has 1 aromatic heterocycles. The highest BCUT2D eigenvalue weighted by atomic mass is 16.5. The number of aromatic nitrogens is 2. The fourth-order valence-corrected chi connectivity index (χ4v) is 3.53. The van der Waals surface area contributed by atoms with E-state index < -0.39 is 0 Å². The van der Waals surface area contributed by atoms with Gasteiger partial charge in [0.1, 0.15) is 5.75 Å². The number of hydrogen-bond donors (Lipinski definition) is 0. The quantitative estimate of drug-likeness (QED) is 0.648. The van der Waals surface area contributed by atoms with Crippen molar-refractivity contribution in [1.82, 2.24) is 10.1 Å². The van der Waals surface area contributed by atoms with Crippen LogP contribution in [0.3, 0.4) is 0 Å². The molecule has 6 heteroatoms. The van der Waals surface area contributed by atoms with Gasteiger partial charge in [-0.05, 0) is 55.2 Å². The summed E-state index contributed by atoms with van der Waals surface area (Å²) in [5.74, 6) is 2.04. The van der Waals surface area contributed by atoms with Crippen LogP contribution in [0.5, 0.6) is 5.75 Å². The molecular formula is C22H23N3O3. The normalized spacial score (nSPS) is 13.2. The largest absolute Gasteiger partial charge is 0.497 e. The first-order valence-electron chi connectivity index (χ1n) is 9.60. The van der Waals surface area contributed by atoms with Crippen LogP contribution in [0.4, 0.5) is 5.69 Å². The zero-order valence-electron chi connectivity index (χ0n) is 15.9. The highest BCUT2D eigenvalue weighted by Gasteiger charge is 2.21.